The third kappa shape index (κ3) is 7.44. The van der Waals surface area contributed by atoms with Crippen LogP contribution in [0.4, 0.5) is 17.1 Å². The molecule has 12 aromatic carbocycles. The first-order valence-corrected chi connectivity index (χ1v) is 27.9. The smallest absolute Gasteiger partial charge is 0.256 e. The van der Waals surface area contributed by atoms with Crippen molar-refractivity contribution in [3.05, 3.63) is 277 Å². The highest BCUT2D eigenvalue weighted by molar-refractivity contribution is 6.99. The number of nitrogens with zero attached hydrogens (tertiary/aromatic N) is 3. The van der Waals surface area contributed by atoms with Crippen molar-refractivity contribution in [2.45, 2.75) is 45.4 Å². The number of hydrogen-bond donors (Lipinski definition) is 0. The van der Waals surface area contributed by atoms with Crippen LogP contribution in [-0.4, -0.2) is 15.8 Å². The normalized spacial score (nSPS) is 17.3. The Kier molecular flexibility index (Phi) is 6.90. The van der Waals surface area contributed by atoms with Crippen molar-refractivity contribution in [1.82, 2.24) is 9.13 Å². The number of hydrogen-bond acceptors (Lipinski definition) is 3. The van der Waals surface area contributed by atoms with E-state index in [0.717, 1.165) is 25.8 Å². The standard InChI is InChI=1S/C79H58BN3O2/c1-78(2,3)53-45-60(49-22-8-6-9-23-49)77(61(46-53)50-24-10-7-11-25-50)83-70-47-54(81-66-31-17-12-26-56(66)57-27-13-18-32-67(57)81)37-40-64(70)80-65-41-38-55(82-68-33-19-14-28-58(68)59-29-15-20-34-69(59)82)48-74(65)85-75-44-52(42-71(83)76(75)80)51-36-39-63-73(43-51)84-72-35-21-16-30-62(72)79(63,4)5/h6-48H,1-5H3/i12D,13D,14D,15D,17D,18D,19D,20D,26D,27D,28D,29D,31D,32D,33D,34D,37D,38D,40D,41D,47D,48D. The van der Waals surface area contributed by atoms with Crippen LogP contribution in [0.5, 0.6) is 23.0 Å². The predicted octanol–water partition coefficient (Wildman–Crippen LogP) is 19.0. The van der Waals surface area contributed by atoms with E-state index in [1.165, 1.54) is 0 Å². The van der Waals surface area contributed by atoms with E-state index in [-0.39, 0.29) is 55.1 Å². The number of ether oxygens (including phenoxy) is 2. The Morgan fingerprint density at radius 1 is 0.424 bits per heavy atom. The summed E-state index contributed by atoms with van der Waals surface area (Å²) in [6.45, 7) is 8.77. The van der Waals surface area contributed by atoms with Crippen LogP contribution >= 0.6 is 0 Å². The van der Waals surface area contributed by atoms with Crippen molar-refractivity contribution >= 4 is 83.8 Å². The van der Waals surface area contributed by atoms with Gasteiger partial charge in [-0.2, -0.15) is 0 Å². The second kappa shape index (κ2) is 18.4. The van der Waals surface area contributed by atoms with Gasteiger partial charge >= 0.3 is 0 Å². The molecule has 0 bridgehead atoms. The minimum Gasteiger partial charge on any atom is -0.458 e. The Morgan fingerprint density at radius 2 is 0.918 bits per heavy atom. The molecule has 0 saturated carbocycles. The average Bonchev–Trinajstić information content (AvgIpc) is 1.51. The molecule has 0 fully saturated rings. The van der Waals surface area contributed by atoms with E-state index in [0.29, 0.717) is 50.6 Å². The summed E-state index contributed by atoms with van der Waals surface area (Å²) in [4.78, 5) is 1.77. The molecule has 0 spiro atoms. The van der Waals surface area contributed by atoms with E-state index in [2.05, 4.69) is 34.6 Å². The van der Waals surface area contributed by atoms with Crippen molar-refractivity contribution in [1.29, 1.82) is 0 Å². The summed E-state index contributed by atoms with van der Waals surface area (Å²) in [5.41, 5.74) is 2.12. The van der Waals surface area contributed by atoms with Gasteiger partial charge in [0.25, 0.3) is 6.71 Å². The van der Waals surface area contributed by atoms with Gasteiger partial charge in [0.1, 0.15) is 23.0 Å². The Labute approximate surface area is 526 Å². The van der Waals surface area contributed by atoms with E-state index in [4.69, 9.17) is 20.4 Å². The van der Waals surface area contributed by atoms with Crippen molar-refractivity contribution in [2.75, 3.05) is 4.90 Å². The number of fused-ring (bicyclic) bond motifs is 12. The van der Waals surface area contributed by atoms with E-state index in [1.807, 2.05) is 121 Å². The van der Waals surface area contributed by atoms with Gasteiger partial charge in [-0.1, -0.05) is 210 Å². The summed E-state index contributed by atoms with van der Waals surface area (Å²) in [7, 11) is 0. The Balaban J connectivity index is 1.09. The molecule has 2 aromatic heterocycles. The van der Waals surface area contributed by atoms with Gasteiger partial charge in [-0.3, -0.25) is 0 Å². The molecular formula is C79H58BN3O2. The summed E-state index contributed by atoms with van der Waals surface area (Å²) in [5.74, 6) is 0.631. The lowest BCUT2D eigenvalue weighted by Gasteiger charge is -2.42. The zero-order chi connectivity index (χ0) is 76.0. The third-order valence-electron chi connectivity index (χ3n) is 16.9. The molecule has 0 aliphatic carbocycles. The zero-order valence-electron chi connectivity index (χ0n) is 68.4. The highest BCUT2D eigenvalue weighted by Crippen LogP contribution is 2.54. The van der Waals surface area contributed by atoms with Crippen molar-refractivity contribution < 1.29 is 39.6 Å². The van der Waals surface area contributed by atoms with Gasteiger partial charge in [0.05, 0.1) is 57.9 Å². The molecule has 3 aliphatic heterocycles. The summed E-state index contributed by atoms with van der Waals surface area (Å²) in [6, 6.07) is 23.8. The fourth-order valence-corrected chi connectivity index (χ4v) is 12.8. The quantitative estimate of drug-likeness (QED) is 0.156. The molecule has 5 nitrogen and oxygen atoms in total. The Bertz CT molecular complexity index is 6240. The lowest BCUT2D eigenvalue weighted by atomic mass is 9.34. The van der Waals surface area contributed by atoms with Crippen molar-refractivity contribution in [3.63, 3.8) is 0 Å². The van der Waals surface area contributed by atoms with Crippen LogP contribution in [0.25, 0.3) is 88.4 Å². The number of aromatic nitrogens is 2. The molecule has 0 atom stereocenters. The molecule has 0 saturated heterocycles. The highest BCUT2D eigenvalue weighted by Gasteiger charge is 2.44. The first-order chi connectivity index (χ1) is 50.7. The lowest BCUT2D eigenvalue weighted by Crippen LogP contribution is -2.59. The van der Waals surface area contributed by atoms with Gasteiger partial charge in [0.15, 0.2) is 0 Å². The fourth-order valence-electron chi connectivity index (χ4n) is 12.8. The number of para-hydroxylation sites is 5. The Morgan fingerprint density at radius 3 is 1.49 bits per heavy atom. The first-order valence-electron chi connectivity index (χ1n) is 38.9. The van der Waals surface area contributed by atoms with Crippen LogP contribution < -0.4 is 30.8 Å². The molecule has 6 heteroatoms. The molecule has 0 radical (unpaired) electrons. The van der Waals surface area contributed by atoms with Crippen LogP contribution in [0.1, 0.15) is 81.5 Å². The third-order valence-corrected chi connectivity index (χ3v) is 16.9. The van der Waals surface area contributed by atoms with Gasteiger partial charge in [-0.05, 0) is 128 Å². The van der Waals surface area contributed by atoms with Crippen LogP contribution in [0.2, 0.25) is 0 Å². The van der Waals surface area contributed by atoms with Gasteiger partial charge in [0, 0.05) is 78.0 Å². The topological polar surface area (TPSA) is 31.6 Å². The van der Waals surface area contributed by atoms with E-state index in [9.17, 15) is 19.2 Å². The molecule has 17 rings (SSSR count). The number of benzene rings is 12. The fraction of sp³-hybridized carbons (Fsp3) is 0.0886. The molecule has 14 aromatic rings. The van der Waals surface area contributed by atoms with Gasteiger partial charge in [-0.25, -0.2) is 0 Å². The second-order valence-electron chi connectivity index (χ2n) is 23.1. The van der Waals surface area contributed by atoms with Crippen LogP contribution in [0.3, 0.4) is 0 Å². The summed E-state index contributed by atoms with van der Waals surface area (Å²) < 4.78 is 228. The molecule has 5 heterocycles. The minimum atomic E-state index is -1.62. The second-order valence-corrected chi connectivity index (χ2v) is 23.1. The van der Waals surface area contributed by atoms with Crippen LogP contribution in [0, 0.1) is 0 Å². The molecule has 85 heavy (non-hydrogen) atoms. The molecule has 3 aliphatic rings. The summed E-state index contributed by atoms with van der Waals surface area (Å²) >= 11 is 0. The monoisotopic (exact) mass is 1110 g/mol. The Hall–Kier alpha value is -10.3. The van der Waals surface area contributed by atoms with Gasteiger partial charge < -0.3 is 23.5 Å². The van der Waals surface area contributed by atoms with Crippen LogP contribution in [-0.2, 0) is 10.8 Å². The number of anilines is 3. The maximum absolute atomic E-state index is 11.4. The number of rotatable bonds is 6. The maximum atomic E-state index is 11.4. The van der Waals surface area contributed by atoms with Gasteiger partial charge in [0.2, 0.25) is 0 Å². The summed E-state index contributed by atoms with van der Waals surface area (Å²) in [5, 5.41) is -1.44. The molecule has 404 valence electrons. The SMILES string of the molecule is [2H]c1c([2H])c(-n2c3c([2H])c([2H])c([2H])c([2H])c3c3c([2H])c([2H])c([2H])c([2H])c32)c([2H])c2c1B1c3c(cc(-c4ccc5c(c4)Oc4ccccc4C5(C)C)cc3N(c3c(-c4ccccc4)cc(C(C)(C)C)cc3-c3ccccc3)c3c([2H])c(-n4c5c([2H])c([2H])c([2H])c([2H])c5c5c([2H])c([2H])c([2H])c([2H])c54)c([2H])c([2H])c31)O2. The molecular weight excluding hydrogens is 1030 g/mol. The zero-order valence-corrected chi connectivity index (χ0v) is 46.4. The molecule has 0 unspecified atom stereocenters. The van der Waals surface area contributed by atoms with Gasteiger partial charge in [-0.15, -0.1) is 0 Å². The largest absolute Gasteiger partial charge is 0.458 e. The molecule has 0 amide bonds. The minimum absolute atomic E-state index is 0.0256. The van der Waals surface area contributed by atoms with E-state index in [1.54, 1.807) is 11.0 Å². The van der Waals surface area contributed by atoms with Crippen LogP contribution in [0.15, 0.2) is 260 Å². The van der Waals surface area contributed by atoms with Crippen molar-refractivity contribution in [3.8, 4) is 67.8 Å². The predicted molar refractivity (Wildman–Crippen MR) is 355 cm³/mol. The first kappa shape index (κ1) is 31.9. The summed E-state index contributed by atoms with van der Waals surface area (Å²) in [6.07, 6.45) is 0. The lowest BCUT2D eigenvalue weighted by molar-refractivity contribution is 0.418. The maximum Gasteiger partial charge on any atom is 0.256 e. The average molecular weight is 1110 g/mol. The van der Waals surface area contributed by atoms with E-state index >= 15 is 0 Å². The highest BCUT2D eigenvalue weighted by atomic mass is 16.5. The van der Waals surface area contributed by atoms with E-state index < -0.39 is 190 Å². The molecule has 0 N–H and O–H groups in total. The van der Waals surface area contributed by atoms with Crippen molar-refractivity contribution in [2.24, 2.45) is 0 Å².